The quantitative estimate of drug-likeness (QED) is 0.798. The minimum absolute atomic E-state index is 0.789. The van der Waals surface area contributed by atoms with E-state index < -0.39 is 0 Å². The van der Waals surface area contributed by atoms with E-state index in [9.17, 15) is 0 Å². The molecule has 0 atom stereocenters. The number of nitrogens with zero attached hydrogens (tertiary/aromatic N) is 2. The smallest absolute Gasteiger partial charge is 0.0672 e. The first-order valence-corrected chi connectivity index (χ1v) is 6.43. The third-order valence-corrected chi connectivity index (χ3v) is 3.49. The highest BCUT2D eigenvalue weighted by Gasteiger charge is 2.10. The van der Waals surface area contributed by atoms with Gasteiger partial charge in [-0.1, -0.05) is 23.7 Å². The highest BCUT2D eigenvalue weighted by Crippen LogP contribution is 2.31. The Morgan fingerprint density at radius 3 is 3.06 bits per heavy atom. The molecule has 0 saturated heterocycles. The Morgan fingerprint density at radius 1 is 1.28 bits per heavy atom. The van der Waals surface area contributed by atoms with E-state index in [2.05, 4.69) is 22.1 Å². The van der Waals surface area contributed by atoms with E-state index in [1.807, 2.05) is 24.5 Å². The summed E-state index contributed by atoms with van der Waals surface area (Å²) in [6.45, 7) is 0. The molecule has 0 radical (unpaired) electrons. The number of fused-ring (bicyclic) bond motifs is 1. The number of benzene rings is 1. The third kappa shape index (κ3) is 2.29. The van der Waals surface area contributed by atoms with Crippen LogP contribution in [0.15, 0.2) is 41.7 Å². The Morgan fingerprint density at radius 2 is 2.22 bits per heavy atom. The minimum atomic E-state index is 0.789. The molecule has 1 aromatic heterocycles. The van der Waals surface area contributed by atoms with Crippen LogP contribution in [0.25, 0.3) is 0 Å². The Bertz CT molecular complexity index is 591. The second-order valence-corrected chi connectivity index (χ2v) is 4.87. The van der Waals surface area contributed by atoms with Crippen molar-refractivity contribution in [1.82, 2.24) is 4.98 Å². The molecule has 0 unspecified atom stereocenters. The molecule has 2 heterocycles. The van der Waals surface area contributed by atoms with Gasteiger partial charge in [0.2, 0.25) is 0 Å². The first kappa shape index (κ1) is 11.4. The number of aromatic nitrogens is 1. The molecule has 0 amide bonds. The largest absolute Gasteiger partial charge is 0.264 e. The van der Waals surface area contributed by atoms with Crippen LogP contribution in [0.4, 0.5) is 5.69 Å². The highest BCUT2D eigenvalue weighted by molar-refractivity contribution is 6.31. The van der Waals surface area contributed by atoms with Gasteiger partial charge in [0.15, 0.2) is 0 Å². The van der Waals surface area contributed by atoms with E-state index in [0.717, 1.165) is 35.5 Å². The summed E-state index contributed by atoms with van der Waals surface area (Å²) in [5.41, 5.74) is 4.64. The molecule has 2 aromatic rings. The maximum Gasteiger partial charge on any atom is 0.0672 e. The summed E-state index contributed by atoms with van der Waals surface area (Å²) >= 11 is 6.32. The zero-order valence-corrected chi connectivity index (χ0v) is 10.7. The van der Waals surface area contributed by atoms with Crippen LogP contribution in [-0.4, -0.2) is 11.2 Å². The van der Waals surface area contributed by atoms with Gasteiger partial charge in [-0.2, -0.15) is 0 Å². The van der Waals surface area contributed by atoms with Gasteiger partial charge in [0.05, 0.1) is 5.69 Å². The molecule has 0 N–H and O–H groups in total. The van der Waals surface area contributed by atoms with Crippen LogP contribution in [0, 0.1) is 0 Å². The summed E-state index contributed by atoms with van der Waals surface area (Å²) in [6, 6.07) is 8.17. The molecular weight excluding hydrogens is 244 g/mol. The maximum atomic E-state index is 6.32. The van der Waals surface area contributed by atoms with Crippen molar-refractivity contribution in [2.75, 3.05) is 0 Å². The Hall–Kier alpha value is -1.67. The number of rotatable bonds is 2. The van der Waals surface area contributed by atoms with Crippen molar-refractivity contribution >= 4 is 23.5 Å². The molecule has 1 aliphatic rings. The van der Waals surface area contributed by atoms with E-state index in [1.165, 1.54) is 11.1 Å². The maximum absolute atomic E-state index is 6.32. The van der Waals surface area contributed by atoms with Crippen molar-refractivity contribution in [3.05, 3.63) is 58.4 Å². The van der Waals surface area contributed by atoms with E-state index in [4.69, 9.17) is 11.6 Å². The van der Waals surface area contributed by atoms with Gasteiger partial charge >= 0.3 is 0 Å². The predicted molar refractivity (Wildman–Crippen MR) is 75.0 cm³/mol. The molecule has 0 bridgehead atoms. The number of aryl methyl sites for hydroxylation is 1. The molecule has 18 heavy (non-hydrogen) atoms. The normalized spacial score (nSPS) is 13.4. The van der Waals surface area contributed by atoms with E-state index in [1.54, 1.807) is 6.20 Å². The van der Waals surface area contributed by atoms with Crippen molar-refractivity contribution < 1.29 is 0 Å². The van der Waals surface area contributed by atoms with Gasteiger partial charge in [0.1, 0.15) is 0 Å². The van der Waals surface area contributed by atoms with Crippen molar-refractivity contribution in [2.24, 2.45) is 4.99 Å². The molecule has 3 heteroatoms. The molecule has 1 aliphatic heterocycles. The van der Waals surface area contributed by atoms with Crippen LogP contribution in [0.1, 0.15) is 23.1 Å². The van der Waals surface area contributed by atoms with Crippen molar-refractivity contribution in [3.8, 4) is 0 Å². The second-order valence-electron chi connectivity index (χ2n) is 4.46. The average molecular weight is 257 g/mol. The molecule has 0 saturated carbocycles. The summed E-state index contributed by atoms with van der Waals surface area (Å²) in [5.74, 6) is 0. The summed E-state index contributed by atoms with van der Waals surface area (Å²) in [6.07, 6.45) is 8.51. The first-order valence-electron chi connectivity index (χ1n) is 6.05. The lowest BCUT2D eigenvalue weighted by atomic mass is 9.99. The molecule has 90 valence electrons. The minimum Gasteiger partial charge on any atom is -0.264 e. The summed E-state index contributed by atoms with van der Waals surface area (Å²) in [7, 11) is 0. The third-order valence-electron chi connectivity index (χ3n) is 3.14. The average Bonchev–Trinajstić information content (AvgIpc) is 2.41. The van der Waals surface area contributed by atoms with Crippen LogP contribution in [0.3, 0.4) is 0 Å². The van der Waals surface area contributed by atoms with Gasteiger partial charge in [-0.25, -0.2) is 0 Å². The van der Waals surface area contributed by atoms with Crippen molar-refractivity contribution in [3.63, 3.8) is 0 Å². The van der Waals surface area contributed by atoms with Crippen LogP contribution in [0.5, 0.6) is 0 Å². The fraction of sp³-hybridized carbons (Fsp3) is 0.200. The van der Waals surface area contributed by atoms with Crippen LogP contribution in [0.2, 0.25) is 5.02 Å². The molecule has 1 aromatic carbocycles. The lowest BCUT2D eigenvalue weighted by Gasteiger charge is -2.13. The molecule has 0 fully saturated rings. The lowest BCUT2D eigenvalue weighted by Crippen LogP contribution is -1.97. The van der Waals surface area contributed by atoms with Crippen molar-refractivity contribution in [2.45, 2.75) is 19.3 Å². The van der Waals surface area contributed by atoms with E-state index in [0.29, 0.717) is 0 Å². The van der Waals surface area contributed by atoms with Crippen LogP contribution in [-0.2, 0) is 12.8 Å². The molecule has 0 aliphatic carbocycles. The Kier molecular flexibility index (Phi) is 3.11. The standard InChI is InChI=1S/C15H13ClN2/c16-14-9-15-12(4-2-6-18-15)8-13(14)7-11-3-1-5-17-10-11/h1,3,5-6,8-10H,2,4,7H2. The molecule has 2 nitrogen and oxygen atoms in total. The number of pyridine rings is 1. The summed E-state index contributed by atoms with van der Waals surface area (Å²) in [4.78, 5) is 8.51. The number of hydrogen-bond donors (Lipinski definition) is 0. The monoisotopic (exact) mass is 256 g/mol. The predicted octanol–water partition coefficient (Wildman–Crippen LogP) is 3.97. The first-order chi connectivity index (χ1) is 8.83. The van der Waals surface area contributed by atoms with Crippen LogP contribution < -0.4 is 0 Å². The molecule has 0 spiro atoms. The topological polar surface area (TPSA) is 25.2 Å². The molecule has 3 rings (SSSR count). The molecular formula is C15H13ClN2. The SMILES string of the molecule is Clc1cc2c(cc1Cc1cccnc1)CCC=N2. The Balaban J connectivity index is 1.95. The van der Waals surface area contributed by atoms with Gasteiger partial charge in [-0.05, 0) is 41.7 Å². The Labute approximate surface area is 111 Å². The van der Waals surface area contributed by atoms with Gasteiger partial charge in [-0.15, -0.1) is 0 Å². The fourth-order valence-electron chi connectivity index (χ4n) is 2.22. The second kappa shape index (κ2) is 4.91. The van der Waals surface area contributed by atoms with Gasteiger partial charge in [-0.3, -0.25) is 9.98 Å². The summed E-state index contributed by atoms with van der Waals surface area (Å²) < 4.78 is 0. The van der Waals surface area contributed by atoms with Gasteiger partial charge in [0.25, 0.3) is 0 Å². The van der Waals surface area contributed by atoms with E-state index in [-0.39, 0.29) is 0 Å². The van der Waals surface area contributed by atoms with Crippen LogP contribution >= 0.6 is 11.6 Å². The highest BCUT2D eigenvalue weighted by atomic mass is 35.5. The van der Waals surface area contributed by atoms with Crippen molar-refractivity contribution in [1.29, 1.82) is 0 Å². The number of halogens is 1. The number of aliphatic imine (C=N–C) groups is 1. The lowest BCUT2D eigenvalue weighted by molar-refractivity contribution is 1.02. The number of hydrogen-bond acceptors (Lipinski definition) is 2. The zero-order valence-electron chi connectivity index (χ0n) is 9.94. The zero-order chi connectivity index (χ0) is 12.4. The fourth-order valence-corrected chi connectivity index (χ4v) is 2.44. The van der Waals surface area contributed by atoms with E-state index >= 15 is 0 Å². The van der Waals surface area contributed by atoms with Gasteiger partial charge in [0, 0.05) is 30.1 Å². The summed E-state index contributed by atoms with van der Waals surface area (Å²) in [5, 5.41) is 0.789. The van der Waals surface area contributed by atoms with Gasteiger partial charge < -0.3 is 0 Å².